The summed E-state index contributed by atoms with van der Waals surface area (Å²) in [6.07, 6.45) is 1.70. The zero-order chi connectivity index (χ0) is 9.97. The van der Waals surface area contributed by atoms with Gasteiger partial charge in [-0.05, 0) is 18.2 Å². The number of aromatic nitrogens is 2. The van der Waals surface area contributed by atoms with E-state index >= 15 is 0 Å². The van der Waals surface area contributed by atoms with E-state index in [1.165, 1.54) is 0 Å². The van der Waals surface area contributed by atoms with Crippen LogP contribution in [0.2, 0.25) is 0 Å². The van der Waals surface area contributed by atoms with Gasteiger partial charge < -0.3 is 4.98 Å². The first-order chi connectivity index (χ1) is 6.75. The van der Waals surface area contributed by atoms with E-state index in [-0.39, 0.29) is 0 Å². The van der Waals surface area contributed by atoms with Crippen LogP contribution in [0.15, 0.2) is 41.0 Å². The molecule has 1 aromatic carbocycles. The van der Waals surface area contributed by atoms with E-state index in [9.17, 15) is 0 Å². The summed E-state index contributed by atoms with van der Waals surface area (Å²) in [6.45, 7) is 0. The Kier molecular flexibility index (Phi) is 2.74. The van der Waals surface area contributed by atoms with Crippen molar-refractivity contribution < 1.29 is 0 Å². The molecular weight excluding hydrogens is 260 g/mol. The number of rotatable bonds is 1. The van der Waals surface area contributed by atoms with Crippen LogP contribution in [0, 0.1) is 4.64 Å². The Morgan fingerprint density at radius 3 is 2.50 bits per heavy atom. The summed E-state index contributed by atoms with van der Waals surface area (Å²) in [4.78, 5) is 7.23. The first-order valence-electron chi connectivity index (χ1n) is 4.07. The molecule has 2 rings (SSSR count). The normalized spacial score (nSPS) is 10.1. The van der Waals surface area contributed by atoms with Crippen molar-refractivity contribution in [1.29, 1.82) is 0 Å². The van der Waals surface area contributed by atoms with Gasteiger partial charge in [-0.3, -0.25) is 0 Å². The molecule has 1 heterocycles. The topological polar surface area (TPSA) is 28.7 Å². The fourth-order valence-corrected chi connectivity index (χ4v) is 1.55. The number of H-pyrrole nitrogens is 1. The maximum Gasteiger partial charge on any atom is 0.138 e. The van der Waals surface area contributed by atoms with Crippen LogP contribution in [0.3, 0.4) is 0 Å². The van der Waals surface area contributed by atoms with Crippen molar-refractivity contribution in [3.05, 3.63) is 45.6 Å². The van der Waals surface area contributed by atoms with Crippen molar-refractivity contribution in [2.24, 2.45) is 0 Å². The molecule has 0 saturated heterocycles. The molecule has 0 saturated carbocycles. The Bertz CT molecular complexity index is 490. The number of nitrogens with zero attached hydrogens (tertiary/aromatic N) is 1. The number of benzene rings is 1. The second-order valence-corrected chi connectivity index (χ2v) is 4.15. The maximum absolute atomic E-state index is 5.02. The van der Waals surface area contributed by atoms with Crippen LogP contribution in [-0.2, 0) is 0 Å². The molecule has 0 aliphatic rings. The molecule has 0 aliphatic carbocycles. The van der Waals surface area contributed by atoms with E-state index in [4.69, 9.17) is 12.2 Å². The van der Waals surface area contributed by atoms with E-state index in [0.29, 0.717) is 4.64 Å². The summed E-state index contributed by atoms with van der Waals surface area (Å²) >= 11 is 8.40. The van der Waals surface area contributed by atoms with Crippen molar-refractivity contribution in [2.45, 2.75) is 0 Å². The maximum atomic E-state index is 5.02. The van der Waals surface area contributed by atoms with Gasteiger partial charge in [0.2, 0.25) is 0 Å². The van der Waals surface area contributed by atoms with Crippen LogP contribution >= 0.6 is 28.1 Å². The van der Waals surface area contributed by atoms with Crippen molar-refractivity contribution in [3.63, 3.8) is 0 Å². The largest absolute Gasteiger partial charge is 0.331 e. The molecule has 0 amide bonds. The molecule has 0 radical (unpaired) electrons. The molecule has 0 aliphatic heterocycles. The lowest BCUT2D eigenvalue weighted by molar-refractivity contribution is 1.16. The van der Waals surface area contributed by atoms with Gasteiger partial charge in [0.25, 0.3) is 0 Å². The lowest BCUT2D eigenvalue weighted by atomic mass is 10.2. The van der Waals surface area contributed by atoms with E-state index < -0.39 is 0 Å². The molecule has 2 nitrogen and oxygen atoms in total. The van der Waals surface area contributed by atoms with Gasteiger partial charge in [-0.2, -0.15) is 0 Å². The van der Waals surface area contributed by atoms with Gasteiger partial charge in [-0.25, -0.2) is 4.98 Å². The van der Waals surface area contributed by atoms with Gasteiger partial charge in [-0.15, -0.1) is 0 Å². The summed E-state index contributed by atoms with van der Waals surface area (Å²) in [5, 5.41) is 0. The van der Waals surface area contributed by atoms with Gasteiger partial charge in [0, 0.05) is 16.2 Å². The average Bonchev–Trinajstić information content (AvgIpc) is 2.19. The Hall–Kier alpha value is -1.00. The predicted molar refractivity (Wildman–Crippen MR) is 62.6 cm³/mol. The van der Waals surface area contributed by atoms with Crippen LogP contribution in [0.1, 0.15) is 0 Å². The first-order valence-corrected chi connectivity index (χ1v) is 5.27. The second-order valence-electron chi connectivity index (χ2n) is 2.79. The van der Waals surface area contributed by atoms with Gasteiger partial charge in [0.1, 0.15) is 10.5 Å². The third kappa shape index (κ3) is 2.08. The molecule has 14 heavy (non-hydrogen) atoms. The molecule has 0 unspecified atom stereocenters. The minimum atomic E-state index is 0.693. The highest BCUT2D eigenvalue weighted by atomic mass is 79.9. The predicted octanol–water partition coefficient (Wildman–Crippen LogP) is 3.57. The lowest BCUT2D eigenvalue weighted by Gasteiger charge is -1.99. The number of hydrogen-bond acceptors (Lipinski definition) is 2. The molecule has 1 N–H and O–H groups in total. The van der Waals surface area contributed by atoms with Gasteiger partial charge in [0.15, 0.2) is 0 Å². The molecule has 4 heteroatoms. The van der Waals surface area contributed by atoms with Gasteiger partial charge >= 0.3 is 0 Å². The second kappa shape index (κ2) is 4.02. The van der Waals surface area contributed by atoms with Crippen molar-refractivity contribution in [2.75, 3.05) is 0 Å². The van der Waals surface area contributed by atoms with Gasteiger partial charge in [0.05, 0.1) is 0 Å². The van der Waals surface area contributed by atoms with Crippen molar-refractivity contribution in [3.8, 4) is 11.4 Å². The van der Waals surface area contributed by atoms with E-state index in [1.807, 2.05) is 24.3 Å². The molecule has 1 aromatic heterocycles. The Morgan fingerprint density at radius 2 is 1.86 bits per heavy atom. The zero-order valence-electron chi connectivity index (χ0n) is 7.20. The van der Waals surface area contributed by atoms with Crippen LogP contribution in [-0.4, -0.2) is 9.97 Å². The van der Waals surface area contributed by atoms with Crippen LogP contribution in [0.4, 0.5) is 0 Å². The summed E-state index contributed by atoms with van der Waals surface area (Å²) in [7, 11) is 0. The van der Waals surface area contributed by atoms with E-state index in [1.54, 1.807) is 12.3 Å². The quantitative estimate of drug-likeness (QED) is 0.800. The molecule has 0 bridgehead atoms. The zero-order valence-corrected chi connectivity index (χ0v) is 9.60. The Balaban J connectivity index is 2.50. The van der Waals surface area contributed by atoms with Gasteiger partial charge in [-0.1, -0.05) is 40.3 Å². The third-order valence-corrected chi connectivity index (χ3v) is 2.56. The summed E-state index contributed by atoms with van der Waals surface area (Å²) in [5.74, 6) is 0.796. The summed E-state index contributed by atoms with van der Waals surface area (Å²) < 4.78 is 1.74. The highest BCUT2D eigenvalue weighted by Crippen LogP contribution is 2.17. The summed E-state index contributed by atoms with van der Waals surface area (Å²) in [6, 6.07) is 9.68. The molecule has 2 aromatic rings. The van der Waals surface area contributed by atoms with Crippen molar-refractivity contribution >= 4 is 28.1 Å². The number of nitrogens with one attached hydrogen (secondary N) is 1. The fraction of sp³-hybridized carbons (Fsp3) is 0. The highest BCUT2D eigenvalue weighted by Gasteiger charge is 1.97. The third-order valence-electron chi connectivity index (χ3n) is 1.79. The number of aromatic amines is 1. The fourth-order valence-electron chi connectivity index (χ4n) is 1.12. The molecule has 0 fully saturated rings. The van der Waals surface area contributed by atoms with Crippen molar-refractivity contribution in [1.82, 2.24) is 9.97 Å². The van der Waals surface area contributed by atoms with Crippen LogP contribution in [0.5, 0.6) is 0 Å². The highest BCUT2D eigenvalue weighted by molar-refractivity contribution is 9.10. The molecule has 0 spiro atoms. The molecule has 0 atom stereocenters. The summed E-state index contributed by atoms with van der Waals surface area (Å²) in [5.41, 5.74) is 1.03. The van der Waals surface area contributed by atoms with Crippen LogP contribution in [0.25, 0.3) is 11.4 Å². The molecule has 70 valence electrons. The van der Waals surface area contributed by atoms with E-state index in [0.717, 1.165) is 15.9 Å². The lowest BCUT2D eigenvalue weighted by Crippen LogP contribution is -1.87. The smallest absolute Gasteiger partial charge is 0.138 e. The monoisotopic (exact) mass is 266 g/mol. The first kappa shape index (κ1) is 9.55. The minimum Gasteiger partial charge on any atom is -0.331 e. The minimum absolute atomic E-state index is 0.693. The SMILES string of the molecule is S=c1ccnc(-c2ccc(Br)cc2)[nH]1. The standard InChI is InChI=1S/C10H7BrN2S/c11-8-3-1-7(2-4-8)10-12-6-5-9(14)13-10/h1-6H,(H,12,13,14). The van der Waals surface area contributed by atoms with E-state index in [2.05, 4.69) is 25.9 Å². The number of halogens is 1. The molecular formula is C10H7BrN2S. The van der Waals surface area contributed by atoms with Crippen LogP contribution < -0.4 is 0 Å². The average molecular weight is 267 g/mol. The Labute approximate surface area is 95.2 Å². The number of hydrogen-bond donors (Lipinski definition) is 1. The Morgan fingerprint density at radius 1 is 1.14 bits per heavy atom.